The predicted molar refractivity (Wildman–Crippen MR) is 79.8 cm³/mol. The Kier molecular flexibility index (Phi) is 8.78. The normalized spacial score (nSPS) is 10.6. The summed E-state index contributed by atoms with van der Waals surface area (Å²) in [6.45, 7) is 1.58. The fourth-order valence-corrected chi connectivity index (χ4v) is 1.95. The highest BCUT2D eigenvalue weighted by Gasteiger charge is 1.96. The molecule has 3 heteroatoms. The molecular weight excluding hydrogens is 244 g/mol. The van der Waals surface area contributed by atoms with Crippen LogP contribution in [-0.2, 0) is 11.2 Å². The number of unbranched alkanes of at least 4 members (excludes halogenated alkanes) is 3. The maximum Gasteiger partial charge on any atom is 0.119 e. The van der Waals surface area contributed by atoms with Gasteiger partial charge in [0.25, 0.3) is 0 Å². The topological polar surface area (TPSA) is 18.5 Å². The molecule has 0 amide bonds. The van der Waals surface area contributed by atoms with Crippen LogP contribution in [0.4, 0.5) is 0 Å². The lowest BCUT2D eigenvalue weighted by Crippen LogP contribution is -1.98. The Morgan fingerprint density at radius 2 is 1.67 bits per heavy atom. The third kappa shape index (κ3) is 6.92. The first-order chi connectivity index (χ1) is 8.86. The van der Waals surface area contributed by atoms with E-state index in [0.717, 1.165) is 37.6 Å². The Bertz CT molecular complexity index is 298. The van der Waals surface area contributed by atoms with Gasteiger partial charge in [-0.2, -0.15) is 12.6 Å². The molecule has 0 saturated carbocycles. The monoisotopic (exact) mass is 268 g/mol. The van der Waals surface area contributed by atoms with Gasteiger partial charge in [-0.15, -0.1) is 0 Å². The highest BCUT2D eigenvalue weighted by atomic mass is 32.1. The molecule has 0 spiro atoms. The fourth-order valence-electron chi connectivity index (χ4n) is 1.73. The van der Waals surface area contributed by atoms with Gasteiger partial charge in [-0.3, -0.25) is 0 Å². The standard InChI is InChI=1S/C15H24O2S/c1-16-12-10-14-6-8-15(9-7-14)17-11-4-2-3-5-13-18/h6-9,18H,2-5,10-13H2,1H3. The molecule has 0 bridgehead atoms. The average Bonchev–Trinajstić information content (AvgIpc) is 2.42. The summed E-state index contributed by atoms with van der Waals surface area (Å²) in [5, 5.41) is 0. The second-order valence-electron chi connectivity index (χ2n) is 4.37. The van der Waals surface area contributed by atoms with E-state index in [1.54, 1.807) is 7.11 Å². The fraction of sp³-hybridized carbons (Fsp3) is 0.600. The molecule has 1 rings (SSSR count). The van der Waals surface area contributed by atoms with Crippen molar-refractivity contribution < 1.29 is 9.47 Å². The average molecular weight is 268 g/mol. The Morgan fingerprint density at radius 1 is 0.944 bits per heavy atom. The zero-order chi connectivity index (χ0) is 13.1. The van der Waals surface area contributed by atoms with E-state index in [2.05, 4.69) is 24.8 Å². The summed E-state index contributed by atoms with van der Waals surface area (Å²) in [6.07, 6.45) is 5.77. The second kappa shape index (κ2) is 10.3. The Labute approximate surface area is 116 Å². The molecule has 0 radical (unpaired) electrons. The molecule has 0 saturated heterocycles. The van der Waals surface area contributed by atoms with Crippen molar-refractivity contribution in [2.75, 3.05) is 26.1 Å². The van der Waals surface area contributed by atoms with Crippen LogP contribution in [0.2, 0.25) is 0 Å². The van der Waals surface area contributed by atoms with Gasteiger partial charge in [0.15, 0.2) is 0 Å². The molecule has 0 fully saturated rings. The van der Waals surface area contributed by atoms with Crippen LogP contribution in [-0.4, -0.2) is 26.1 Å². The minimum atomic E-state index is 0.769. The highest BCUT2D eigenvalue weighted by Crippen LogP contribution is 2.13. The van der Waals surface area contributed by atoms with E-state index in [9.17, 15) is 0 Å². The summed E-state index contributed by atoms with van der Waals surface area (Å²) in [5.41, 5.74) is 1.29. The first kappa shape index (κ1) is 15.4. The summed E-state index contributed by atoms with van der Waals surface area (Å²) in [4.78, 5) is 0. The quantitative estimate of drug-likeness (QED) is 0.515. The van der Waals surface area contributed by atoms with Crippen LogP contribution in [0.25, 0.3) is 0 Å². The van der Waals surface area contributed by atoms with E-state index in [0.29, 0.717) is 0 Å². The van der Waals surface area contributed by atoms with Gasteiger partial charge < -0.3 is 9.47 Å². The Balaban J connectivity index is 2.14. The molecule has 0 N–H and O–H groups in total. The van der Waals surface area contributed by atoms with E-state index >= 15 is 0 Å². The molecule has 0 aliphatic rings. The Morgan fingerprint density at radius 3 is 2.33 bits per heavy atom. The number of hydrogen-bond donors (Lipinski definition) is 1. The summed E-state index contributed by atoms with van der Waals surface area (Å²) in [7, 11) is 1.73. The maximum atomic E-state index is 5.70. The molecule has 2 nitrogen and oxygen atoms in total. The van der Waals surface area contributed by atoms with Gasteiger partial charge in [0.05, 0.1) is 13.2 Å². The SMILES string of the molecule is COCCc1ccc(OCCCCCCS)cc1. The van der Waals surface area contributed by atoms with Crippen molar-refractivity contribution in [3.8, 4) is 5.75 Å². The van der Waals surface area contributed by atoms with Crippen LogP contribution in [0.15, 0.2) is 24.3 Å². The molecule has 1 aromatic carbocycles. The summed E-state index contributed by atoms with van der Waals surface area (Å²) in [6, 6.07) is 8.29. The number of hydrogen-bond acceptors (Lipinski definition) is 3. The summed E-state index contributed by atoms with van der Waals surface area (Å²) < 4.78 is 10.7. The van der Waals surface area contributed by atoms with Crippen LogP contribution >= 0.6 is 12.6 Å². The second-order valence-corrected chi connectivity index (χ2v) is 4.82. The van der Waals surface area contributed by atoms with Crippen molar-refractivity contribution in [2.24, 2.45) is 0 Å². The van der Waals surface area contributed by atoms with Crippen molar-refractivity contribution in [1.29, 1.82) is 0 Å². The van der Waals surface area contributed by atoms with Gasteiger partial charge in [0.2, 0.25) is 0 Å². The number of ether oxygens (including phenoxy) is 2. The molecule has 0 aliphatic heterocycles. The minimum Gasteiger partial charge on any atom is -0.494 e. The van der Waals surface area contributed by atoms with Gasteiger partial charge in [0, 0.05) is 7.11 Å². The molecule has 1 aromatic rings. The van der Waals surface area contributed by atoms with E-state index in [1.807, 2.05) is 12.1 Å². The molecule has 18 heavy (non-hydrogen) atoms. The van der Waals surface area contributed by atoms with Crippen molar-refractivity contribution in [2.45, 2.75) is 32.1 Å². The molecule has 0 aromatic heterocycles. The van der Waals surface area contributed by atoms with Gasteiger partial charge in [-0.1, -0.05) is 25.0 Å². The van der Waals surface area contributed by atoms with Crippen LogP contribution in [0.1, 0.15) is 31.2 Å². The molecular formula is C15H24O2S. The number of methoxy groups -OCH3 is 1. The molecule has 0 heterocycles. The number of thiol groups is 1. The zero-order valence-corrected chi connectivity index (χ0v) is 12.1. The van der Waals surface area contributed by atoms with Crippen LogP contribution in [0, 0.1) is 0 Å². The smallest absolute Gasteiger partial charge is 0.119 e. The highest BCUT2D eigenvalue weighted by molar-refractivity contribution is 7.80. The zero-order valence-electron chi connectivity index (χ0n) is 11.2. The number of rotatable bonds is 10. The first-order valence-corrected chi connectivity index (χ1v) is 7.31. The third-order valence-corrected chi connectivity index (χ3v) is 3.16. The molecule has 0 unspecified atom stereocenters. The van der Waals surface area contributed by atoms with Crippen molar-refractivity contribution in [1.82, 2.24) is 0 Å². The molecule has 102 valence electrons. The number of benzene rings is 1. The van der Waals surface area contributed by atoms with Gasteiger partial charge in [-0.25, -0.2) is 0 Å². The summed E-state index contributed by atoms with van der Waals surface area (Å²) in [5.74, 6) is 1.95. The summed E-state index contributed by atoms with van der Waals surface area (Å²) >= 11 is 4.20. The lowest BCUT2D eigenvalue weighted by atomic mass is 10.1. The van der Waals surface area contributed by atoms with Crippen LogP contribution in [0.5, 0.6) is 5.75 Å². The third-order valence-electron chi connectivity index (χ3n) is 2.84. The van der Waals surface area contributed by atoms with E-state index in [1.165, 1.54) is 24.8 Å². The lowest BCUT2D eigenvalue weighted by Gasteiger charge is -2.07. The minimum absolute atomic E-state index is 0.769. The van der Waals surface area contributed by atoms with Crippen LogP contribution < -0.4 is 4.74 Å². The first-order valence-electron chi connectivity index (χ1n) is 6.68. The predicted octanol–water partition coefficient (Wildman–Crippen LogP) is 3.74. The maximum absolute atomic E-state index is 5.70. The molecule has 0 aliphatic carbocycles. The van der Waals surface area contributed by atoms with E-state index in [-0.39, 0.29) is 0 Å². The van der Waals surface area contributed by atoms with Gasteiger partial charge in [-0.05, 0) is 42.7 Å². The van der Waals surface area contributed by atoms with Crippen molar-refractivity contribution in [3.05, 3.63) is 29.8 Å². The van der Waals surface area contributed by atoms with Gasteiger partial charge in [0.1, 0.15) is 5.75 Å². The van der Waals surface area contributed by atoms with E-state index < -0.39 is 0 Å². The van der Waals surface area contributed by atoms with E-state index in [4.69, 9.17) is 9.47 Å². The van der Waals surface area contributed by atoms with Gasteiger partial charge >= 0.3 is 0 Å². The Hall–Kier alpha value is -0.670. The largest absolute Gasteiger partial charge is 0.494 e. The molecule has 0 atom stereocenters. The van der Waals surface area contributed by atoms with Crippen molar-refractivity contribution in [3.63, 3.8) is 0 Å². The lowest BCUT2D eigenvalue weighted by molar-refractivity contribution is 0.202. The van der Waals surface area contributed by atoms with Crippen molar-refractivity contribution >= 4 is 12.6 Å². The van der Waals surface area contributed by atoms with Crippen LogP contribution in [0.3, 0.4) is 0 Å².